The molecule has 1 unspecified atom stereocenters. The third kappa shape index (κ3) is 3.95. The van der Waals surface area contributed by atoms with Gasteiger partial charge in [-0.15, -0.1) is 0 Å². The highest BCUT2D eigenvalue weighted by atomic mass is 16.2. The maximum atomic E-state index is 12.1. The van der Waals surface area contributed by atoms with Gasteiger partial charge in [0.1, 0.15) is 0 Å². The number of amides is 1. The third-order valence-corrected chi connectivity index (χ3v) is 5.29. The van der Waals surface area contributed by atoms with Crippen LogP contribution in [-0.4, -0.2) is 24.5 Å². The first-order valence-corrected chi connectivity index (χ1v) is 8.19. The predicted octanol–water partition coefficient (Wildman–Crippen LogP) is 2.99. The van der Waals surface area contributed by atoms with E-state index in [4.69, 9.17) is 0 Å². The topological polar surface area (TPSA) is 41.1 Å². The zero-order valence-corrected chi connectivity index (χ0v) is 12.6. The molecule has 0 aromatic heterocycles. The van der Waals surface area contributed by atoms with Gasteiger partial charge in [0.05, 0.1) is 6.04 Å². The normalized spacial score (nSPS) is 24.5. The van der Waals surface area contributed by atoms with Crippen molar-refractivity contribution in [3.05, 3.63) is 0 Å². The first-order valence-electron chi connectivity index (χ1n) is 8.19. The van der Waals surface area contributed by atoms with Crippen molar-refractivity contribution in [3.63, 3.8) is 0 Å². The predicted molar refractivity (Wildman–Crippen MR) is 79.1 cm³/mol. The number of carbonyl (C=O) groups is 1. The van der Waals surface area contributed by atoms with Gasteiger partial charge < -0.3 is 10.6 Å². The molecule has 2 aliphatic carbocycles. The molecule has 2 N–H and O–H groups in total. The molecule has 1 atom stereocenters. The van der Waals surface area contributed by atoms with E-state index >= 15 is 0 Å². The molecule has 0 aromatic carbocycles. The maximum absolute atomic E-state index is 12.1. The van der Waals surface area contributed by atoms with Gasteiger partial charge in [0.25, 0.3) is 0 Å². The average molecular weight is 266 g/mol. The van der Waals surface area contributed by atoms with Gasteiger partial charge in [-0.05, 0) is 44.4 Å². The van der Waals surface area contributed by atoms with E-state index in [-0.39, 0.29) is 11.9 Å². The molecule has 0 bridgehead atoms. The van der Waals surface area contributed by atoms with Crippen LogP contribution in [0.3, 0.4) is 0 Å². The molecular weight excluding hydrogens is 236 g/mol. The fourth-order valence-electron chi connectivity index (χ4n) is 3.64. The Kier molecular flexibility index (Phi) is 5.26. The van der Waals surface area contributed by atoms with Gasteiger partial charge >= 0.3 is 0 Å². The molecule has 1 amide bonds. The Hall–Kier alpha value is -0.570. The van der Waals surface area contributed by atoms with Gasteiger partial charge in [0.2, 0.25) is 5.91 Å². The Labute approximate surface area is 117 Å². The zero-order chi connectivity index (χ0) is 13.7. The second-order valence-corrected chi connectivity index (χ2v) is 6.65. The lowest BCUT2D eigenvalue weighted by molar-refractivity contribution is -0.123. The zero-order valence-electron chi connectivity index (χ0n) is 12.6. The van der Waals surface area contributed by atoms with Crippen molar-refractivity contribution in [2.75, 3.05) is 6.54 Å². The van der Waals surface area contributed by atoms with Gasteiger partial charge in [0, 0.05) is 12.6 Å². The van der Waals surface area contributed by atoms with E-state index in [1.807, 2.05) is 6.92 Å². The third-order valence-electron chi connectivity index (χ3n) is 5.29. The minimum absolute atomic E-state index is 0.0513. The molecule has 110 valence electrons. The largest absolute Gasteiger partial charge is 0.352 e. The summed E-state index contributed by atoms with van der Waals surface area (Å²) in [5.74, 6) is 0.191. The lowest BCUT2D eigenvalue weighted by Crippen LogP contribution is -2.48. The van der Waals surface area contributed by atoms with Crippen LogP contribution in [0.1, 0.15) is 71.6 Å². The van der Waals surface area contributed by atoms with Crippen LogP contribution in [0.5, 0.6) is 0 Å². The van der Waals surface area contributed by atoms with Crippen molar-refractivity contribution in [2.45, 2.75) is 83.7 Å². The molecule has 0 spiro atoms. The molecule has 0 aromatic rings. The van der Waals surface area contributed by atoms with Gasteiger partial charge in [0.15, 0.2) is 0 Å². The SMILES string of the molecule is CCC1(CNC(C)C(=O)NC2CCCC2)CCCC1. The van der Waals surface area contributed by atoms with Crippen LogP contribution in [0.2, 0.25) is 0 Å². The first-order chi connectivity index (χ1) is 9.15. The molecule has 2 aliphatic rings. The number of hydrogen-bond donors (Lipinski definition) is 2. The highest BCUT2D eigenvalue weighted by Gasteiger charge is 2.32. The van der Waals surface area contributed by atoms with E-state index in [9.17, 15) is 4.79 Å². The molecule has 2 saturated carbocycles. The lowest BCUT2D eigenvalue weighted by atomic mass is 9.83. The second-order valence-electron chi connectivity index (χ2n) is 6.65. The summed E-state index contributed by atoms with van der Waals surface area (Å²) in [6, 6.07) is 0.382. The number of rotatable bonds is 6. The van der Waals surface area contributed by atoms with E-state index in [1.54, 1.807) is 0 Å². The molecule has 0 saturated heterocycles. The standard InChI is InChI=1S/C16H30N2O/c1-3-16(10-6-7-11-16)12-17-13(2)15(19)18-14-8-4-5-9-14/h13-14,17H,3-12H2,1-2H3,(H,18,19). The summed E-state index contributed by atoms with van der Waals surface area (Å²) in [6.45, 7) is 5.29. The molecule has 0 heterocycles. The first kappa shape index (κ1) is 14.8. The van der Waals surface area contributed by atoms with Crippen LogP contribution in [0.25, 0.3) is 0 Å². The van der Waals surface area contributed by atoms with Crippen molar-refractivity contribution >= 4 is 5.91 Å². The fourth-order valence-corrected chi connectivity index (χ4v) is 3.64. The Morgan fingerprint density at radius 2 is 1.84 bits per heavy atom. The maximum Gasteiger partial charge on any atom is 0.237 e. The van der Waals surface area contributed by atoms with E-state index in [0.29, 0.717) is 11.5 Å². The summed E-state index contributed by atoms with van der Waals surface area (Å²) in [5.41, 5.74) is 0.460. The van der Waals surface area contributed by atoms with Crippen LogP contribution in [0.15, 0.2) is 0 Å². The number of carbonyl (C=O) groups excluding carboxylic acids is 1. The molecule has 0 radical (unpaired) electrons. The number of nitrogens with one attached hydrogen (secondary N) is 2. The fraction of sp³-hybridized carbons (Fsp3) is 0.938. The van der Waals surface area contributed by atoms with Crippen molar-refractivity contribution in [3.8, 4) is 0 Å². The molecule has 3 nitrogen and oxygen atoms in total. The van der Waals surface area contributed by atoms with Crippen LogP contribution in [0, 0.1) is 5.41 Å². The van der Waals surface area contributed by atoms with Crippen LogP contribution in [-0.2, 0) is 4.79 Å². The monoisotopic (exact) mass is 266 g/mol. The summed E-state index contributed by atoms with van der Waals surface area (Å²) in [7, 11) is 0. The second kappa shape index (κ2) is 6.74. The number of hydrogen-bond acceptors (Lipinski definition) is 2. The minimum atomic E-state index is -0.0513. The molecule has 0 aliphatic heterocycles. The molecular formula is C16H30N2O. The quantitative estimate of drug-likeness (QED) is 0.776. The summed E-state index contributed by atoms with van der Waals surface area (Å²) < 4.78 is 0. The van der Waals surface area contributed by atoms with Gasteiger partial charge in [-0.2, -0.15) is 0 Å². The summed E-state index contributed by atoms with van der Waals surface area (Å²) in [6.07, 6.45) is 11.5. The molecule has 3 heteroatoms. The van der Waals surface area contributed by atoms with Crippen molar-refractivity contribution in [1.82, 2.24) is 10.6 Å². The molecule has 2 fully saturated rings. The van der Waals surface area contributed by atoms with Gasteiger partial charge in [-0.1, -0.05) is 32.6 Å². The van der Waals surface area contributed by atoms with E-state index in [1.165, 1.54) is 44.9 Å². The van der Waals surface area contributed by atoms with E-state index < -0.39 is 0 Å². The van der Waals surface area contributed by atoms with Crippen LogP contribution in [0.4, 0.5) is 0 Å². The lowest BCUT2D eigenvalue weighted by Gasteiger charge is -2.29. The summed E-state index contributed by atoms with van der Waals surface area (Å²) in [5, 5.41) is 6.66. The van der Waals surface area contributed by atoms with Crippen LogP contribution >= 0.6 is 0 Å². The highest BCUT2D eigenvalue weighted by Crippen LogP contribution is 2.40. The Bertz CT molecular complexity index is 291. The Balaban J connectivity index is 1.73. The Morgan fingerprint density at radius 3 is 2.42 bits per heavy atom. The Morgan fingerprint density at radius 1 is 1.21 bits per heavy atom. The van der Waals surface area contributed by atoms with E-state index in [0.717, 1.165) is 19.4 Å². The van der Waals surface area contributed by atoms with E-state index in [2.05, 4.69) is 17.6 Å². The van der Waals surface area contributed by atoms with Gasteiger partial charge in [-0.3, -0.25) is 4.79 Å². The van der Waals surface area contributed by atoms with Gasteiger partial charge in [-0.25, -0.2) is 0 Å². The van der Waals surface area contributed by atoms with Crippen molar-refractivity contribution < 1.29 is 4.79 Å². The van der Waals surface area contributed by atoms with Crippen molar-refractivity contribution in [1.29, 1.82) is 0 Å². The minimum Gasteiger partial charge on any atom is -0.352 e. The summed E-state index contributed by atoms with van der Waals surface area (Å²) in [4.78, 5) is 12.1. The molecule has 2 rings (SSSR count). The van der Waals surface area contributed by atoms with Crippen LogP contribution < -0.4 is 10.6 Å². The van der Waals surface area contributed by atoms with Crippen molar-refractivity contribution in [2.24, 2.45) is 5.41 Å². The highest BCUT2D eigenvalue weighted by molar-refractivity contribution is 5.81. The smallest absolute Gasteiger partial charge is 0.237 e. The average Bonchev–Trinajstić information content (AvgIpc) is 3.07. The summed E-state index contributed by atoms with van der Waals surface area (Å²) >= 11 is 0. The molecule has 19 heavy (non-hydrogen) atoms.